The first kappa shape index (κ1) is 25.9. The van der Waals surface area contributed by atoms with E-state index in [0.717, 1.165) is 43.7 Å². The van der Waals surface area contributed by atoms with E-state index in [1.54, 1.807) is 0 Å². The van der Waals surface area contributed by atoms with Gasteiger partial charge in [0.25, 0.3) is 0 Å². The molecule has 0 saturated heterocycles. The van der Waals surface area contributed by atoms with Gasteiger partial charge in [-0.25, -0.2) is 0 Å². The summed E-state index contributed by atoms with van der Waals surface area (Å²) < 4.78 is 6.61. The SMILES string of the molecule is C/C=C\CN(C)CC1=CCC2[C@H](C1)c1c(O)cc(C(C)(C)CCCCCC)cc1OC2(C)C. The van der Waals surface area contributed by atoms with Crippen molar-refractivity contribution < 1.29 is 9.84 Å². The standard InChI is InChI=1S/C30H47NO2/c1-8-10-12-13-16-29(3,4)23-19-26(32)28-24-18-22(21-31(7)17-11-9-2)14-15-25(24)30(5,6)33-27(28)20-23/h9,11,14,19-20,24-25,32H,8,10,12-13,15-18,21H2,1-7H3/b11-9-/t24-,25?/m0/s1. The molecule has 0 spiro atoms. The Morgan fingerprint density at radius 1 is 1.21 bits per heavy atom. The van der Waals surface area contributed by atoms with Crippen LogP contribution in [0.15, 0.2) is 35.9 Å². The van der Waals surface area contributed by atoms with Crippen LogP contribution in [0.2, 0.25) is 0 Å². The van der Waals surface area contributed by atoms with Crippen LogP contribution in [0.1, 0.15) is 104 Å². The molecule has 0 saturated carbocycles. The third-order valence-corrected chi connectivity index (χ3v) is 7.95. The summed E-state index contributed by atoms with van der Waals surface area (Å²) in [5.74, 6) is 2.02. The molecule has 3 nitrogen and oxygen atoms in total. The predicted molar refractivity (Wildman–Crippen MR) is 140 cm³/mol. The van der Waals surface area contributed by atoms with E-state index in [4.69, 9.17) is 4.74 Å². The summed E-state index contributed by atoms with van der Waals surface area (Å²) in [6.07, 6.45) is 14.9. The number of phenols is 1. The zero-order valence-electron chi connectivity index (χ0n) is 22.2. The second-order valence-electron chi connectivity index (χ2n) is 11.6. The summed E-state index contributed by atoms with van der Waals surface area (Å²) in [5, 5.41) is 11.3. The van der Waals surface area contributed by atoms with Gasteiger partial charge in [0, 0.05) is 30.5 Å². The van der Waals surface area contributed by atoms with Gasteiger partial charge in [-0.1, -0.05) is 70.3 Å². The minimum atomic E-state index is -0.243. The summed E-state index contributed by atoms with van der Waals surface area (Å²) in [6.45, 7) is 15.3. The zero-order valence-corrected chi connectivity index (χ0v) is 22.2. The van der Waals surface area contributed by atoms with Gasteiger partial charge < -0.3 is 9.84 Å². The van der Waals surface area contributed by atoms with Gasteiger partial charge >= 0.3 is 0 Å². The van der Waals surface area contributed by atoms with Crippen LogP contribution >= 0.6 is 0 Å². The number of hydrogen-bond donors (Lipinski definition) is 1. The van der Waals surface area contributed by atoms with Crippen molar-refractivity contribution in [2.24, 2.45) is 5.92 Å². The van der Waals surface area contributed by atoms with E-state index in [-0.39, 0.29) is 11.0 Å². The Labute approximate surface area is 202 Å². The minimum Gasteiger partial charge on any atom is -0.508 e. The second-order valence-corrected chi connectivity index (χ2v) is 11.6. The maximum Gasteiger partial charge on any atom is 0.127 e. The maximum atomic E-state index is 11.3. The highest BCUT2D eigenvalue weighted by Crippen LogP contribution is 2.55. The van der Waals surface area contributed by atoms with E-state index in [1.165, 1.54) is 36.8 Å². The molecule has 1 aromatic carbocycles. The number of aromatic hydroxyl groups is 1. The van der Waals surface area contributed by atoms with Crippen LogP contribution in [0.25, 0.3) is 0 Å². The summed E-state index contributed by atoms with van der Waals surface area (Å²) in [7, 11) is 2.18. The van der Waals surface area contributed by atoms with Gasteiger partial charge in [-0.2, -0.15) is 0 Å². The average molecular weight is 454 g/mol. The van der Waals surface area contributed by atoms with E-state index in [9.17, 15) is 5.11 Å². The molecule has 1 aliphatic heterocycles. The van der Waals surface area contributed by atoms with Crippen molar-refractivity contribution in [2.75, 3.05) is 20.1 Å². The topological polar surface area (TPSA) is 32.7 Å². The molecule has 0 bridgehead atoms. The number of allylic oxidation sites excluding steroid dienone is 2. The van der Waals surface area contributed by atoms with Gasteiger partial charge in [0.15, 0.2) is 0 Å². The molecule has 3 rings (SSSR count). The Morgan fingerprint density at radius 3 is 2.67 bits per heavy atom. The first-order valence-electron chi connectivity index (χ1n) is 13.1. The Morgan fingerprint density at radius 2 is 1.97 bits per heavy atom. The van der Waals surface area contributed by atoms with Crippen LogP contribution in [0, 0.1) is 5.92 Å². The monoisotopic (exact) mass is 453 g/mol. The van der Waals surface area contributed by atoms with E-state index in [2.05, 4.69) is 77.8 Å². The van der Waals surface area contributed by atoms with E-state index >= 15 is 0 Å². The number of fused-ring (bicyclic) bond motifs is 3. The van der Waals surface area contributed by atoms with Gasteiger partial charge in [0.1, 0.15) is 17.1 Å². The van der Waals surface area contributed by atoms with Crippen LogP contribution in [-0.2, 0) is 5.41 Å². The summed E-state index contributed by atoms with van der Waals surface area (Å²) in [4.78, 5) is 2.36. The molecular weight excluding hydrogens is 406 g/mol. The molecule has 1 N–H and O–H groups in total. The highest BCUT2D eigenvalue weighted by Gasteiger charge is 2.46. The largest absolute Gasteiger partial charge is 0.508 e. The summed E-state index contributed by atoms with van der Waals surface area (Å²) >= 11 is 0. The maximum absolute atomic E-state index is 11.3. The fourth-order valence-corrected chi connectivity index (χ4v) is 5.82. The van der Waals surface area contributed by atoms with Gasteiger partial charge in [-0.15, -0.1) is 0 Å². The van der Waals surface area contributed by atoms with Crippen LogP contribution in [0.3, 0.4) is 0 Å². The molecule has 33 heavy (non-hydrogen) atoms. The van der Waals surface area contributed by atoms with E-state index in [1.807, 2.05) is 6.07 Å². The normalized spacial score (nSPS) is 22.1. The van der Waals surface area contributed by atoms with Crippen molar-refractivity contribution in [2.45, 2.75) is 103 Å². The Hall–Kier alpha value is -1.74. The molecule has 2 atom stereocenters. The number of rotatable bonds is 10. The molecule has 0 radical (unpaired) electrons. The number of unbranched alkanes of at least 4 members (excludes halogenated alkanes) is 3. The Balaban J connectivity index is 1.86. The van der Waals surface area contributed by atoms with Crippen LogP contribution in [0.5, 0.6) is 11.5 Å². The van der Waals surface area contributed by atoms with Crippen LogP contribution < -0.4 is 4.74 Å². The minimum absolute atomic E-state index is 0.0255. The molecule has 1 unspecified atom stereocenters. The third kappa shape index (κ3) is 6.04. The fourth-order valence-electron chi connectivity index (χ4n) is 5.82. The zero-order chi connectivity index (χ0) is 24.2. The lowest BCUT2D eigenvalue weighted by Crippen LogP contribution is -2.46. The molecule has 1 heterocycles. The van der Waals surface area contributed by atoms with E-state index < -0.39 is 0 Å². The smallest absolute Gasteiger partial charge is 0.127 e. The van der Waals surface area contributed by atoms with Gasteiger partial charge in [-0.3, -0.25) is 4.90 Å². The molecule has 0 amide bonds. The quantitative estimate of drug-likeness (QED) is 0.290. The molecule has 2 aliphatic rings. The molecule has 184 valence electrons. The number of phenolic OH excluding ortho intramolecular Hbond substituents is 1. The molecule has 3 heteroatoms. The first-order chi connectivity index (χ1) is 15.6. The number of nitrogens with zero attached hydrogens (tertiary/aromatic N) is 1. The van der Waals surface area contributed by atoms with Gasteiger partial charge in [0.2, 0.25) is 0 Å². The highest BCUT2D eigenvalue weighted by atomic mass is 16.5. The Bertz CT molecular complexity index is 864. The molecule has 1 aliphatic carbocycles. The number of likely N-dealkylation sites (N-methyl/N-ethyl adjacent to an activating group) is 1. The van der Waals surface area contributed by atoms with Gasteiger partial charge in [0.05, 0.1) is 0 Å². The fraction of sp³-hybridized carbons (Fsp3) is 0.667. The van der Waals surface area contributed by atoms with E-state index in [0.29, 0.717) is 17.6 Å². The van der Waals surface area contributed by atoms with Crippen molar-refractivity contribution in [3.63, 3.8) is 0 Å². The van der Waals surface area contributed by atoms with Gasteiger partial charge in [-0.05, 0) is 70.2 Å². The van der Waals surface area contributed by atoms with Crippen molar-refractivity contribution in [1.29, 1.82) is 0 Å². The van der Waals surface area contributed by atoms with Crippen molar-refractivity contribution in [3.8, 4) is 11.5 Å². The highest BCUT2D eigenvalue weighted by molar-refractivity contribution is 5.54. The number of benzene rings is 1. The predicted octanol–water partition coefficient (Wildman–Crippen LogP) is 7.74. The van der Waals surface area contributed by atoms with Crippen LogP contribution in [-0.4, -0.2) is 35.7 Å². The van der Waals surface area contributed by atoms with Crippen molar-refractivity contribution in [1.82, 2.24) is 4.90 Å². The molecule has 0 fully saturated rings. The Kier molecular flexibility index (Phi) is 8.37. The lowest BCUT2D eigenvalue weighted by molar-refractivity contribution is 0.00698. The molecular formula is C30H47NO2. The number of ether oxygens (including phenoxy) is 1. The lowest BCUT2D eigenvalue weighted by atomic mass is 9.66. The third-order valence-electron chi connectivity index (χ3n) is 7.95. The first-order valence-corrected chi connectivity index (χ1v) is 13.1. The van der Waals surface area contributed by atoms with Crippen LogP contribution in [0.4, 0.5) is 0 Å². The number of hydrogen-bond acceptors (Lipinski definition) is 3. The molecule has 0 aromatic heterocycles. The second kappa shape index (κ2) is 10.7. The summed E-state index contributed by atoms with van der Waals surface area (Å²) in [5.41, 5.74) is 3.49. The average Bonchev–Trinajstić information content (AvgIpc) is 2.74. The van der Waals surface area contributed by atoms with Crippen molar-refractivity contribution in [3.05, 3.63) is 47.1 Å². The molecule has 1 aromatic rings. The van der Waals surface area contributed by atoms with Crippen molar-refractivity contribution >= 4 is 0 Å². The summed E-state index contributed by atoms with van der Waals surface area (Å²) in [6, 6.07) is 4.27. The lowest BCUT2D eigenvalue weighted by Gasteiger charge is -2.47.